The molecule has 2 saturated heterocycles. The summed E-state index contributed by atoms with van der Waals surface area (Å²) >= 11 is 0. The first-order valence-electron chi connectivity index (χ1n) is 8.17. The van der Waals surface area contributed by atoms with Crippen molar-refractivity contribution in [1.82, 2.24) is 15.5 Å². The molecule has 5 nitrogen and oxygen atoms in total. The third-order valence-electron chi connectivity index (χ3n) is 4.81. The Labute approximate surface area is 145 Å². The van der Waals surface area contributed by atoms with Gasteiger partial charge in [-0.3, -0.25) is 9.89 Å². The minimum atomic E-state index is 0. The van der Waals surface area contributed by atoms with Crippen LogP contribution in [0.2, 0.25) is 0 Å². The molecule has 0 spiro atoms. The molecule has 21 heavy (non-hydrogen) atoms. The average molecular weight is 408 g/mol. The van der Waals surface area contributed by atoms with Crippen molar-refractivity contribution >= 4 is 29.9 Å². The highest BCUT2D eigenvalue weighted by molar-refractivity contribution is 14.0. The van der Waals surface area contributed by atoms with E-state index >= 15 is 0 Å². The molecule has 0 radical (unpaired) electrons. The lowest BCUT2D eigenvalue weighted by Crippen LogP contribution is -2.49. The lowest BCUT2D eigenvalue weighted by atomic mass is 9.96. The maximum Gasteiger partial charge on any atom is 0.191 e. The van der Waals surface area contributed by atoms with Crippen LogP contribution in [0, 0.1) is 0 Å². The number of nitrogens with zero attached hydrogens (tertiary/aromatic N) is 2. The summed E-state index contributed by atoms with van der Waals surface area (Å²) in [5, 5.41) is 6.97. The third-order valence-corrected chi connectivity index (χ3v) is 4.81. The lowest BCUT2D eigenvalue weighted by Gasteiger charge is -2.24. The molecule has 2 heterocycles. The SMILES string of the molecule is CCN(CCNC(=NC)NC1CC2CCC1O2)C1CC1.I. The largest absolute Gasteiger partial charge is 0.373 e. The molecule has 1 aliphatic carbocycles. The summed E-state index contributed by atoms with van der Waals surface area (Å²) in [4.78, 5) is 6.90. The second-order valence-corrected chi connectivity index (χ2v) is 6.22. The van der Waals surface area contributed by atoms with Gasteiger partial charge in [0.2, 0.25) is 0 Å². The fourth-order valence-corrected chi connectivity index (χ4v) is 3.52. The van der Waals surface area contributed by atoms with E-state index in [1.165, 1.54) is 25.7 Å². The molecule has 2 N–H and O–H groups in total. The normalized spacial score (nSPS) is 31.4. The van der Waals surface area contributed by atoms with E-state index in [0.717, 1.165) is 38.1 Å². The molecule has 6 heteroatoms. The van der Waals surface area contributed by atoms with Crippen LogP contribution in [0.3, 0.4) is 0 Å². The molecule has 0 aromatic rings. The van der Waals surface area contributed by atoms with E-state index in [1.807, 2.05) is 7.05 Å². The van der Waals surface area contributed by atoms with Gasteiger partial charge in [-0.1, -0.05) is 6.92 Å². The number of hydrogen-bond acceptors (Lipinski definition) is 3. The Morgan fingerprint density at radius 2 is 2.10 bits per heavy atom. The van der Waals surface area contributed by atoms with Crippen molar-refractivity contribution in [3.05, 3.63) is 0 Å². The van der Waals surface area contributed by atoms with E-state index in [0.29, 0.717) is 18.2 Å². The molecule has 3 rings (SSSR count). The predicted octanol–water partition coefficient (Wildman–Crippen LogP) is 1.57. The van der Waals surface area contributed by atoms with Gasteiger partial charge < -0.3 is 15.4 Å². The zero-order valence-electron chi connectivity index (χ0n) is 13.2. The molecule has 0 aromatic carbocycles. The third kappa shape index (κ3) is 4.45. The number of guanidine groups is 1. The Bertz CT molecular complexity index is 362. The van der Waals surface area contributed by atoms with Gasteiger partial charge in [0.15, 0.2) is 5.96 Å². The quantitative estimate of drug-likeness (QED) is 0.398. The standard InChI is InChI=1S/C15H28N4O.HI/c1-3-19(11-4-5-11)9-8-17-15(16-2)18-13-10-12-6-7-14(13)20-12;/h11-14H,3-10H2,1-2H3,(H2,16,17,18);1H. The van der Waals surface area contributed by atoms with Gasteiger partial charge in [0.25, 0.3) is 0 Å². The van der Waals surface area contributed by atoms with Crippen LogP contribution in [0.4, 0.5) is 0 Å². The molecule has 3 aliphatic rings. The fraction of sp³-hybridized carbons (Fsp3) is 0.933. The Morgan fingerprint density at radius 3 is 2.62 bits per heavy atom. The lowest BCUT2D eigenvalue weighted by molar-refractivity contribution is 0.0992. The van der Waals surface area contributed by atoms with E-state index < -0.39 is 0 Å². The van der Waals surface area contributed by atoms with E-state index in [1.54, 1.807) is 0 Å². The Balaban J connectivity index is 0.00000161. The van der Waals surface area contributed by atoms with Crippen LogP contribution in [0.1, 0.15) is 39.0 Å². The zero-order valence-corrected chi connectivity index (χ0v) is 15.5. The zero-order chi connectivity index (χ0) is 13.9. The highest BCUT2D eigenvalue weighted by Crippen LogP contribution is 2.34. The number of fused-ring (bicyclic) bond motifs is 2. The summed E-state index contributed by atoms with van der Waals surface area (Å²) in [6, 6.07) is 1.29. The van der Waals surface area contributed by atoms with Crippen molar-refractivity contribution in [1.29, 1.82) is 0 Å². The number of hydrogen-bond donors (Lipinski definition) is 2. The van der Waals surface area contributed by atoms with Crippen LogP contribution < -0.4 is 10.6 Å². The van der Waals surface area contributed by atoms with Gasteiger partial charge in [-0.05, 0) is 38.6 Å². The van der Waals surface area contributed by atoms with Crippen LogP contribution in [0.5, 0.6) is 0 Å². The number of halogens is 1. The summed E-state index contributed by atoms with van der Waals surface area (Å²) in [5.74, 6) is 0.929. The number of ether oxygens (including phenoxy) is 1. The van der Waals surface area contributed by atoms with Crippen LogP contribution in [0.25, 0.3) is 0 Å². The van der Waals surface area contributed by atoms with Gasteiger partial charge in [-0.2, -0.15) is 0 Å². The van der Waals surface area contributed by atoms with Gasteiger partial charge in [0.1, 0.15) is 0 Å². The highest BCUT2D eigenvalue weighted by Gasteiger charge is 2.41. The van der Waals surface area contributed by atoms with Crippen LogP contribution in [-0.4, -0.2) is 61.8 Å². The average Bonchev–Trinajstić information content (AvgIpc) is 3.10. The van der Waals surface area contributed by atoms with Crippen molar-refractivity contribution < 1.29 is 4.74 Å². The molecule has 1 saturated carbocycles. The minimum Gasteiger partial charge on any atom is -0.373 e. The summed E-state index contributed by atoms with van der Waals surface area (Å²) in [6.45, 7) is 5.47. The first-order valence-corrected chi connectivity index (χ1v) is 8.17. The van der Waals surface area contributed by atoms with Crippen LogP contribution in [-0.2, 0) is 4.74 Å². The molecule has 3 fully saturated rings. The van der Waals surface area contributed by atoms with Gasteiger partial charge in [0, 0.05) is 26.2 Å². The Kier molecular flexibility index (Phi) is 6.55. The van der Waals surface area contributed by atoms with E-state index in [2.05, 4.69) is 27.4 Å². The predicted molar refractivity (Wildman–Crippen MR) is 96.5 cm³/mol. The van der Waals surface area contributed by atoms with Gasteiger partial charge in [-0.15, -0.1) is 24.0 Å². The number of nitrogens with one attached hydrogen (secondary N) is 2. The van der Waals surface area contributed by atoms with Crippen molar-refractivity contribution in [2.75, 3.05) is 26.7 Å². The summed E-state index contributed by atoms with van der Waals surface area (Å²) < 4.78 is 5.88. The molecule has 3 atom stereocenters. The Morgan fingerprint density at radius 1 is 1.29 bits per heavy atom. The monoisotopic (exact) mass is 408 g/mol. The number of likely N-dealkylation sites (N-methyl/N-ethyl adjacent to an activating group) is 1. The van der Waals surface area contributed by atoms with Crippen LogP contribution >= 0.6 is 24.0 Å². The summed E-state index contributed by atoms with van der Waals surface area (Å²) in [7, 11) is 1.85. The minimum absolute atomic E-state index is 0. The highest BCUT2D eigenvalue weighted by atomic mass is 127. The first kappa shape index (κ1) is 17.3. The molecule has 0 aromatic heterocycles. The van der Waals surface area contributed by atoms with Crippen molar-refractivity contribution in [3.8, 4) is 0 Å². The first-order chi connectivity index (χ1) is 9.80. The number of aliphatic imine (C=N–C) groups is 1. The van der Waals surface area contributed by atoms with E-state index in [9.17, 15) is 0 Å². The second-order valence-electron chi connectivity index (χ2n) is 6.22. The molecule has 2 bridgehead atoms. The molecule has 3 unspecified atom stereocenters. The maximum atomic E-state index is 5.88. The van der Waals surface area contributed by atoms with Gasteiger partial charge in [-0.25, -0.2) is 0 Å². The molecule has 0 amide bonds. The molecular formula is C15H29IN4O. The molecule has 122 valence electrons. The van der Waals surface area contributed by atoms with E-state index in [4.69, 9.17) is 4.74 Å². The molecule has 2 aliphatic heterocycles. The maximum absolute atomic E-state index is 5.88. The second kappa shape index (κ2) is 7.97. The van der Waals surface area contributed by atoms with E-state index in [-0.39, 0.29) is 24.0 Å². The fourth-order valence-electron chi connectivity index (χ4n) is 3.52. The van der Waals surface area contributed by atoms with Crippen molar-refractivity contribution in [2.45, 2.75) is 63.3 Å². The molecular weight excluding hydrogens is 379 g/mol. The summed E-state index contributed by atoms with van der Waals surface area (Å²) in [6.07, 6.45) is 7.21. The van der Waals surface area contributed by atoms with Gasteiger partial charge in [0.05, 0.1) is 18.2 Å². The van der Waals surface area contributed by atoms with Crippen LogP contribution in [0.15, 0.2) is 4.99 Å². The topological polar surface area (TPSA) is 48.9 Å². The van der Waals surface area contributed by atoms with Gasteiger partial charge >= 0.3 is 0 Å². The smallest absolute Gasteiger partial charge is 0.191 e. The Hall–Kier alpha value is -0.0800. The summed E-state index contributed by atoms with van der Waals surface area (Å²) in [5.41, 5.74) is 0. The van der Waals surface area contributed by atoms with Crippen molar-refractivity contribution in [2.24, 2.45) is 4.99 Å². The van der Waals surface area contributed by atoms with Crippen molar-refractivity contribution in [3.63, 3.8) is 0 Å². The number of rotatable bonds is 6.